The average Bonchev–Trinajstić information content (AvgIpc) is 2.83. The maximum Gasteiger partial charge on any atom is 0.259 e. The van der Waals surface area contributed by atoms with E-state index in [1.807, 2.05) is 6.92 Å². The molecule has 0 aliphatic carbocycles. The van der Waals surface area contributed by atoms with Crippen LogP contribution in [0.1, 0.15) is 34.6 Å². The first kappa shape index (κ1) is 24.5. The highest BCUT2D eigenvalue weighted by molar-refractivity contribution is 6.06. The number of carbonyl (C=O) groups is 2. The lowest BCUT2D eigenvalue weighted by atomic mass is 10.0. The number of nitrogens with one attached hydrogen (secondary N) is 2. The van der Waals surface area contributed by atoms with Gasteiger partial charge in [0, 0.05) is 45.0 Å². The van der Waals surface area contributed by atoms with Crippen molar-refractivity contribution in [2.45, 2.75) is 26.0 Å². The molecule has 0 aromatic heterocycles. The molecule has 8 nitrogen and oxygen atoms in total. The predicted octanol–water partition coefficient (Wildman–Crippen LogP) is 3.04. The lowest BCUT2D eigenvalue weighted by molar-refractivity contribution is 0.0281. The van der Waals surface area contributed by atoms with Gasteiger partial charge < -0.3 is 29.7 Å². The van der Waals surface area contributed by atoms with E-state index in [9.17, 15) is 9.59 Å². The van der Waals surface area contributed by atoms with Gasteiger partial charge in [0.25, 0.3) is 11.8 Å². The van der Waals surface area contributed by atoms with Crippen molar-refractivity contribution < 1.29 is 23.8 Å². The highest BCUT2D eigenvalue weighted by Crippen LogP contribution is 2.27. The zero-order chi connectivity index (χ0) is 24.0. The molecule has 2 N–H and O–H groups in total. The van der Waals surface area contributed by atoms with Crippen molar-refractivity contribution in [2.24, 2.45) is 5.92 Å². The highest BCUT2D eigenvalue weighted by atomic mass is 16.5. The molecule has 1 aliphatic rings. The monoisotopic (exact) mass is 455 g/mol. The van der Waals surface area contributed by atoms with Crippen molar-refractivity contribution in [1.29, 1.82) is 0 Å². The molecular weight excluding hydrogens is 422 g/mol. The zero-order valence-electron chi connectivity index (χ0n) is 19.9. The minimum Gasteiger partial charge on any atom is -0.496 e. The quantitative estimate of drug-likeness (QED) is 0.737. The van der Waals surface area contributed by atoms with Crippen molar-refractivity contribution in [3.63, 3.8) is 0 Å². The molecule has 2 aromatic rings. The van der Waals surface area contributed by atoms with Gasteiger partial charge in [-0.15, -0.1) is 0 Å². The molecule has 3 atom stereocenters. The predicted molar refractivity (Wildman–Crippen MR) is 127 cm³/mol. The van der Waals surface area contributed by atoms with Gasteiger partial charge in [-0.3, -0.25) is 9.59 Å². The van der Waals surface area contributed by atoms with Crippen LogP contribution in [0.4, 0.5) is 5.69 Å². The first-order valence-corrected chi connectivity index (χ1v) is 11.1. The lowest BCUT2D eigenvalue weighted by Gasteiger charge is -2.30. The maximum atomic E-state index is 13.2. The van der Waals surface area contributed by atoms with Crippen molar-refractivity contribution in [2.75, 3.05) is 46.3 Å². The maximum absolute atomic E-state index is 13.2. The number of fused-ring (bicyclic) bond motifs is 1. The van der Waals surface area contributed by atoms with Crippen LogP contribution in [0, 0.1) is 5.92 Å². The summed E-state index contributed by atoms with van der Waals surface area (Å²) >= 11 is 0. The number of para-hydroxylation sites is 1. The van der Waals surface area contributed by atoms with Gasteiger partial charge in [-0.25, -0.2) is 0 Å². The molecule has 8 heteroatoms. The summed E-state index contributed by atoms with van der Waals surface area (Å²) in [5, 5.41) is 6.33. The third kappa shape index (κ3) is 6.03. The fourth-order valence-corrected chi connectivity index (χ4v) is 3.76. The number of nitrogens with zero attached hydrogens (tertiary/aromatic N) is 1. The summed E-state index contributed by atoms with van der Waals surface area (Å²) in [4.78, 5) is 27.7. The van der Waals surface area contributed by atoms with E-state index < -0.39 is 0 Å². The van der Waals surface area contributed by atoms with Gasteiger partial charge in [0.05, 0.1) is 24.3 Å². The standard InChI is InChI=1S/C25H33N3O5/c1-16-13-26-17(2)15-33-22-12-18(27-24(29)19-8-6-7-9-21(19)31-4)10-11-20(22)25(30)28(3)14-23(16)32-5/h6-12,16-17,23,26H,13-15H2,1-5H3,(H,27,29)/t16-,17-,23+/m1/s1. The number of carbonyl (C=O) groups excluding carboxylic acids is 2. The topological polar surface area (TPSA) is 89.1 Å². The van der Waals surface area contributed by atoms with Crippen LogP contribution in [0.5, 0.6) is 11.5 Å². The van der Waals surface area contributed by atoms with Crippen LogP contribution in [-0.2, 0) is 4.74 Å². The Kier molecular flexibility index (Phi) is 8.30. The second-order valence-electron chi connectivity index (χ2n) is 8.42. The minimum atomic E-state index is -0.309. The number of hydrogen-bond donors (Lipinski definition) is 2. The Labute approximate surface area is 195 Å². The van der Waals surface area contributed by atoms with Crippen LogP contribution in [-0.4, -0.2) is 69.8 Å². The Balaban J connectivity index is 1.88. The van der Waals surface area contributed by atoms with Crippen LogP contribution < -0.4 is 20.1 Å². The molecule has 0 fully saturated rings. The van der Waals surface area contributed by atoms with Gasteiger partial charge in [0.2, 0.25) is 0 Å². The van der Waals surface area contributed by atoms with Crippen molar-refractivity contribution in [1.82, 2.24) is 10.2 Å². The van der Waals surface area contributed by atoms with Crippen LogP contribution >= 0.6 is 0 Å². The summed E-state index contributed by atoms with van der Waals surface area (Å²) in [5.41, 5.74) is 1.38. The first-order valence-electron chi connectivity index (χ1n) is 11.1. The molecule has 3 rings (SSSR count). The molecule has 0 unspecified atom stereocenters. The number of amides is 2. The molecule has 0 bridgehead atoms. The van der Waals surface area contributed by atoms with E-state index in [1.54, 1.807) is 61.5 Å². The largest absolute Gasteiger partial charge is 0.496 e. The average molecular weight is 456 g/mol. The number of ether oxygens (including phenoxy) is 3. The number of rotatable bonds is 4. The Morgan fingerprint density at radius 3 is 2.67 bits per heavy atom. The molecule has 1 aliphatic heterocycles. The van der Waals surface area contributed by atoms with Gasteiger partial charge in [-0.1, -0.05) is 19.1 Å². The number of methoxy groups -OCH3 is 2. The van der Waals surface area contributed by atoms with E-state index in [2.05, 4.69) is 17.6 Å². The minimum absolute atomic E-state index is 0.0666. The lowest BCUT2D eigenvalue weighted by Crippen LogP contribution is -2.44. The number of hydrogen-bond acceptors (Lipinski definition) is 6. The Bertz CT molecular complexity index is 980. The number of anilines is 1. The summed E-state index contributed by atoms with van der Waals surface area (Å²) in [7, 11) is 4.94. The van der Waals surface area contributed by atoms with Gasteiger partial charge in [0.15, 0.2) is 0 Å². The number of benzene rings is 2. The van der Waals surface area contributed by atoms with E-state index in [1.165, 1.54) is 7.11 Å². The molecule has 2 aromatic carbocycles. The van der Waals surface area contributed by atoms with Gasteiger partial charge >= 0.3 is 0 Å². The molecule has 0 saturated carbocycles. The van der Waals surface area contributed by atoms with E-state index in [-0.39, 0.29) is 29.9 Å². The van der Waals surface area contributed by atoms with E-state index in [0.29, 0.717) is 41.5 Å². The third-order valence-corrected chi connectivity index (χ3v) is 5.84. The molecule has 33 heavy (non-hydrogen) atoms. The summed E-state index contributed by atoms with van der Waals surface area (Å²) in [6, 6.07) is 12.1. The summed E-state index contributed by atoms with van der Waals surface area (Å²) < 4.78 is 17.0. The third-order valence-electron chi connectivity index (χ3n) is 5.84. The van der Waals surface area contributed by atoms with Crippen LogP contribution in [0.25, 0.3) is 0 Å². The summed E-state index contributed by atoms with van der Waals surface area (Å²) in [6.07, 6.45) is -0.0955. The molecule has 0 saturated heterocycles. The molecule has 178 valence electrons. The molecule has 2 amide bonds. The SMILES string of the molecule is COc1ccccc1C(=O)Nc1ccc2c(c1)OC[C@@H](C)NC[C@@H](C)[C@@H](OC)CN(C)C2=O. The molecular formula is C25H33N3O5. The first-order chi connectivity index (χ1) is 15.8. The fourth-order valence-electron chi connectivity index (χ4n) is 3.76. The van der Waals surface area contributed by atoms with E-state index >= 15 is 0 Å². The van der Waals surface area contributed by atoms with E-state index in [4.69, 9.17) is 14.2 Å². The highest BCUT2D eigenvalue weighted by Gasteiger charge is 2.25. The van der Waals surface area contributed by atoms with Crippen LogP contribution in [0.15, 0.2) is 42.5 Å². The van der Waals surface area contributed by atoms with Crippen LogP contribution in [0.3, 0.4) is 0 Å². The fraction of sp³-hybridized carbons (Fsp3) is 0.440. The Morgan fingerprint density at radius 2 is 1.94 bits per heavy atom. The second-order valence-corrected chi connectivity index (χ2v) is 8.42. The smallest absolute Gasteiger partial charge is 0.259 e. The Hall–Kier alpha value is -3.10. The van der Waals surface area contributed by atoms with Crippen molar-refractivity contribution in [3.05, 3.63) is 53.6 Å². The summed E-state index contributed by atoms with van der Waals surface area (Å²) in [6.45, 7) is 5.70. The molecule has 0 spiro atoms. The van der Waals surface area contributed by atoms with Crippen molar-refractivity contribution in [3.8, 4) is 11.5 Å². The second kappa shape index (κ2) is 11.2. The van der Waals surface area contributed by atoms with Crippen LogP contribution in [0.2, 0.25) is 0 Å². The van der Waals surface area contributed by atoms with Gasteiger partial charge in [-0.05, 0) is 37.1 Å². The summed E-state index contributed by atoms with van der Waals surface area (Å²) in [5.74, 6) is 0.648. The normalized spacial score (nSPS) is 21.8. The van der Waals surface area contributed by atoms with Gasteiger partial charge in [0.1, 0.15) is 18.1 Å². The number of likely N-dealkylation sites (N-methyl/N-ethyl adjacent to an activating group) is 1. The Morgan fingerprint density at radius 1 is 1.18 bits per heavy atom. The zero-order valence-corrected chi connectivity index (χ0v) is 19.9. The molecule has 1 heterocycles. The van der Waals surface area contributed by atoms with Gasteiger partial charge in [-0.2, -0.15) is 0 Å². The van der Waals surface area contributed by atoms with E-state index in [0.717, 1.165) is 6.54 Å². The molecule has 0 radical (unpaired) electrons. The van der Waals surface area contributed by atoms with Crippen molar-refractivity contribution >= 4 is 17.5 Å².